The number of rotatable bonds is 10. The van der Waals surface area contributed by atoms with Gasteiger partial charge >= 0.3 is 0 Å². The van der Waals surface area contributed by atoms with Crippen LogP contribution in [0.3, 0.4) is 0 Å². The van der Waals surface area contributed by atoms with Gasteiger partial charge in [-0.1, -0.05) is 12.1 Å². The van der Waals surface area contributed by atoms with Gasteiger partial charge in [-0.05, 0) is 54.2 Å². The molecule has 0 aliphatic rings. The Morgan fingerprint density at radius 2 is 1.78 bits per heavy atom. The van der Waals surface area contributed by atoms with Crippen LogP contribution in [0.25, 0.3) is 0 Å². The molecule has 0 aromatic heterocycles. The molecule has 6 nitrogen and oxygen atoms in total. The summed E-state index contributed by atoms with van der Waals surface area (Å²) in [4.78, 5) is 0. The van der Waals surface area contributed by atoms with Gasteiger partial charge in [0.1, 0.15) is 30.5 Å². The van der Waals surface area contributed by atoms with Gasteiger partial charge in [0.25, 0.3) is 0 Å². The zero-order chi connectivity index (χ0) is 19.3. The van der Waals surface area contributed by atoms with E-state index in [0.29, 0.717) is 24.9 Å². The molecule has 0 fully saturated rings. The number of hydrazone groups is 1. The van der Waals surface area contributed by atoms with Crippen LogP contribution in [0.2, 0.25) is 0 Å². The zero-order valence-electron chi connectivity index (χ0n) is 15.2. The van der Waals surface area contributed by atoms with Crippen LogP contribution in [0.4, 0.5) is 0 Å². The third kappa shape index (κ3) is 7.79. The average Bonchev–Trinajstić information content (AvgIpc) is 2.71. The molecular formula is C20H23N3O3S. The largest absolute Gasteiger partial charge is 0.497 e. The second-order valence-electron chi connectivity index (χ2n) is 5.31. The van der Waals surface area contributed by atoms with Gasteiger partial charge in [0.05, 0.1) is 13.3 Å². The Bertz CT molecular complexity index is 763. The summed E-state index contributed by atoms with van der Waals surface area (Å²) >= 11 is 5.04. The molecule has 0 saturated carbocycles. The van der Waals surface area contributed by atoms with Gasteiger partial charge in [-0.3, -0.25) is 5.43 Å². The van der Waals surface area contributed by atoms with E-state index < -0.39 is 0 Å². The first kappa shape index (κ1) is 20.3. The molecule has 27 heavy (non-hydrogen) atoms. The summed E-state index contributed by atoms with van der Waals surface area (Å²) in [6, 6.07) is 15.0. The van der Waals surface area contributed by atoms with Crippen LogP contribution >= 0.6 is 12.2 Å². The third-order valence-corrected chi connectivity index (χ3v) is 3.56. The van der Waals surface area contributed by atoms with E-state index >= 15 is 0 Å². The topological polar surface area (TPSA) is 64.1 Å². The van der Waals surface area contributed by atoms with Crippen molar-refractivity contribution in [3.63, 3.8) is 0 Å². The maximum absolute atomic E-state index is 5.67. The van der Waals surface area contributed by atoms with Gasteiger partial charge < -0.3 is 19.5 Å². The molecule has 0 saturated heterocycles. The molecule has 0 amide bonds. The molecule has 0 heterocycles. The first-order chi connectivity index (χ1) is 13.2. The molecular weight excluding hydrogens is 362 g/mol. The van der Waals surface area contributed by atoms with Crippen LogP contribution in [-0.4, -0.2) is 38.2 Å². The molecule has 0 aliphatic carbocycles. The van der Waals surface area contributed by atoms with Crippen LogP contribution in [0.5, 0.6) is 17.2 Å². The fourth-order valence-electron chi connectivity index (χ4n) is 2.03. The molecule has 2 N–H and O–H groups in total. The summed E-state index contributed by atoms with van der Waals surface area (Å²) in [5, 5.41) is 7.43. The lowest BCUT2D eigenvalue weighted by Gasteiger charge is -2.09. The van der Waals surface area contributed by atoms with Gasteiger partial charge in [0.15, 0.2) is 5.11 Å². The van der Waals surface area contributed by atoms with E-state index in [0.717, 1.165) is 22.8 Å². The quantitative estimate of drug-likeness (QED) is 0.215. The maximum Gasteiger partial charge on any atom is 0.187 e. The Labute approximate surface area is 164 Å². The molecule has 0 radical (unpaired) electrons. The number of thiocarbonyl (C=S) groups is 1. The first-order valence-electron chi connectivity index (χ1n) is 8.39. The number of nitrogens with zero attached hydrogens (tertiary/aromatic N) is 1. The molecule has 142 valence electrons. The van der Waals surface area contributed by atoms with E-state index in [9.17, 15) is 0 Å². The van der Waals surface area contributed by atoms with Crippen molar-refractivity contribution in [1.82, 2.24) is 10.7 Å². The number of ether oxygens (including phenoxy) is 3. The Morgan fingerprint density at radius 3 is 2.48 bits per heavy atom. The summed E-state index contributed by atoms with van der Waals surface area (Å²) in [6.45, 7) is 5.08. The van der Waals surface area contributed by atoms with E-state index in [-0.39, 0.29) is 0 Å². The second kappa shape index (κ2) is 11.5. The van der Waals surface area contributed by atoms with Crippen LogP contribution in [0, 0.1) is 0 Å². The molecule has 7 heteroatoms. The highest BCUT2D eigenvalue weighted by Gasteiger charge is 1.98. The van der Waals surface area contributed by atoms with E-state index in [2.05, 4.69) is 22.4 Å². The van der Waals surface area contributed by atoms with Crippen molar-refractivity contribution in [2.75, 3.05) is 26.9 Å². The fourth-order valence-corrected chi connectivity index (χ4v) is 2.17. The second-order valence-corrected chi connectivity index (χ2v) is 5.72. The van der Waals surface area contributed by atoms with Gasteiger partial charge in [0, 0.05) is 12.6 Å². The Kier molecular flexibility index (Phi) is 8.65. The van der Waals surface area contributed by atoms with Crippen LogP contribution in [0.15, 0.2) is 66.3 Å². The highest BCUT2D eigenvalue weighted by molar-refractivity contribution is 7.80. The van der Waals surface area contributed by atoms with Crippen molar-refractivity contribution >= 4 is 23.5 Å². The highest BCUT2D eigenvalue weighted by Crippen LogP contribution is 2.18. The molecule has 2 rings (SSSR count). The molecule has 2 aromatic carbocycles. The molecule has 0 bridgehead atoms. The highest BCUT2D eigenvalue weighted by atomic mass is 32.1. The number of benzene rings is 2. The van der Waals surface area contributed by atoms with E-state index in [1.54, 1.807) is 19.4 Å². The zero-order valence-corrected chi connectivity index (χ0v) is 16.0. The average molecular weight is 385 g/mol. The fraction of sp³-hybridized carbons (Fsp3) is 0.200. The van der Waals surface area contributed by atoms with Crippen molar-refractivity contribution in [2.45, 2.75) is 0 Å². The third-order valence-electron chi connectivity index (χ3n) is 3.33. The molecule has 0 unspecified atom stereocenters. The summed E-state index contributed by atoms with van der Waals surface area (Å²) in [5.41, 5.74) is 3.66. The van der Waals surface area contributed by atoms with Crippen molar-refractivity contribution in [3.05, 3.63) is 66.7 Å². The summed E-state index contributed by atoms with van der Waals surface area (Å²) in [7, 11) is 1.63. The van der Waals surface area contributed by atoms with E-state index in [4.69, 9.17) is 26.4 Å². The van der Waals surface area contributed by atoms with Crippen LogP contribution in [-0.2, 0) is 0 Å². The lowest BCUT2D eigenvalue weighted by molar-refractivity contribution is 0.216. The number of hydrogen-bond donors (Lipinski definition) is 2. The predicted molar refractivity (Wildman–Crippen MR) is 112 cm³/mol. The normalized spacial score (nSPS) is 10.3. The summed E-state index contributed by atoms with van der Waals surface area (Å²) in [6.07, 6.45) is 3.40. The molecule has 0 spiro atoms. The van der Waals surface area contributed by atoms with Crippen molar-refractivity contribution in [1.29, 1.82) is 0 Å². The Hall–Kier alpha value is -3.06. The molecule has 0 aliphatic heterocycles. The Morgan fingerprint density at radius 1 is 1.07 bits per heavy atom. The number of methoxy groups -OCH3 is 1. The standard InChI is InChI=1S/C20H23N3O3S/c1-3-11-21-20(27)23-22-15-16-7-9-17(10-8-16)25-12-13-26-19-6-4-5-18(14-19)24-2/h3-10,14-15H,1,11-13H2,2H3,(H2,21,23,27)/b22-15-. The van der Waals surface area contributed by atoms with Gasteiger partial charge in [-0.2, -0.15) is 5.10 Å². The summed E-state index contributed by atoms with van der Waals surface area (Å²) in [5.74, 6) is 2.27. The number of nitrogens with one attached hydrogen (secondary N) is 2. The maximum atomic E-state index is 5.67. The Balaban J connectivity index is 1.70. The smallest absolute Gasteiger partial charge is 0.187 e. The van der Waals surface area contributed by atoms with E-state index in [1.807, 2.05) is 48.5 Å². The number of hydrogen-bond acceptors (Lipinski definition) is 5. The van der Waals surface area contributed by atoms with Gasteiger partial charge in [-0.25, -0.2) is 0 Å². The van der Waals surface area contributed by atoms with Gasteiger partial charge in [0.2, 0.25) is 0 Å². The van der Waals surface area contributed by atoms with Crippen molar-refractivity contribution < 1.29 is 14.2 Å². The van der Waals surface area contributed by atoms with E-state index in [1.165, 1.54) is 0 Å². The van der Waals surface area contributed by atoms with Crippen LogP contribution < -0.4 is 25.0 Å². The minimum absolute atomic E-state index is 0.440. The lowest BCUT2D eigenvalue weighted by Crippen LogP contribution is -2.31. The minimum Gasteiger partial charge on any atom is -0.497 e. The molecule has 2 aromatic rings. The van der Waals surface area contributed by atoms with Crippen molar-refractivity contribution in [2.24, 2.45) is 5.10 Å². The monoisotopic (exact) mass is 385 g/mol. The summed E-state index contributed by atoms with van der Waals surface area (Å²) < 4.78 is 16.5. The SMILES string of the molecule is C=CCNC(=S)N/N=C\c1ccc(OCCOc2cccc(OC)c2)cc1. The van der Waals surface area contributed by atoms with Crippen LogP contribution in [0.1, 0.15) is 5.56 Å². The first-order valence-corrected chi connectivity index (χ1v) is 8.79. The lowest BCUT2D eigenvalue weighted by atomic mass is 10.2. The predicted octanol–water partition coefficient (Wildman–Crippen LogP) is 3.14. The minimum atomic E-state index is 0.440. The molecule has 0 atom stereocenters. The van der Waals surface area contributed by atoms with Gasteiger partial charge in [-0.15, -0.1) is 6.58 Å². The van der Waals surface area contributed by atoms with Crippen molar-refractivity contribution in [3.8, 4) is 17.2 Å².